The maximum Gasteiger partial charge on any atom is 0.162 e. The van der Waals surface area contributed by atoms with Gasteiger partial charge >= 0.3 is 0 Å². The molecular weight excluding hydrogens is 480 g/mol. The summed E-state index contributed by atoms with van der Waals surface area (Å²) in [7, 11) is 1.57. The summed E-state index contributed by atoms with van der Waals surface area (Å²) in [6.07, 6.45) is 1.66. The molecule has 1 aliphatic heterocycles. The zero-order valence-corrected chi connectivity index (χ0v) is 22.6. The maximum atomic E-state index is 12.5. The lowest BCUT2D eigenvalue weighted by Crippen LogP contribution is -2.78. The Morgan fingerprint density at radius 2 is 1.81 bits per heavy atom. The van der Waals surface area contributed by atoms with Crippen molar-refractivity contribution in [1.82, 2.24) is 0 Å². The summed E-state index contributed by atoms with van der Waals surface area (Å²) in [5.41, 5.74) is -6.22. The van der Waals surface area contributed by atoms with E-state index in [2.05, 4.69) is 6.92 Å². The van der Waals surface area contributed by atoms with Crippen molar-refractivity contribution in [3.05, 3.63) is 11.6 Å². The molecule has 1 heterocycles. The second kappa shape index (κ2) is 8.80. The number of ketones is 1. The summed E-state index contributed by atoms with van der Waals surface area (Å²) in [4.78, 5) is 12.5. The van der Waals surface area contributed by atoms with Crippen LogP contribution >= 0.6 is 0 Å². The lowest BCUT2D eigenvalue weighted by Gasteiger charge is -2.66. The molecule has 37 heavy (non-hydrogen) atoms. The van der Waals surface area contributed by atoms with E-state index in [9.17, 15) is 30.3 Å². The van der Waals surface area contributed by atoms with E-state index in [-0.39, 0.29) is 37.9 Å². The van der Waals surface area contributed by atoms with Crippen LogP contribution in [0.15, 0.2) is 11.6 Å². The molecule has 0 aromatic rings. The van der Waals surface area contributed by atoms with Crippen molar-refractivity contribution in [2.24, 2.45) is 16.7 Å². The van der Waals surface area contributed by atoms with E-state index in [1.54, 1.807) is 21.0 Å². The molecule has 210 valence electrons. The van der Waals surface area contributed by atoms with Gasteiger partial charge in [0.2, 0.25) is 0 Å². The van der Waals surface area contributed by atoms with Crippen LogP contribution in [0.4, 0.5) is 0 Å². The van der Waals surface area contributed by atoms with E-state index in [1.165, 1.54) is 6.92 Å². The van der Waals surface area contributed by atoms with Crippen molar-refractivity contribution in [3.8, 4) is 0 Å². The Labute approximate surface area is 218 Å². The molecule has 0 amide bonds. The fraction of sp³-hybridized carbons (Fsp3) is 0.893. The van der Waals surface area contributed by atoms with Gasteiger partial charge in [0.15, 0.2) is 12.1 Å². The van der Waals surface area contributed by atoms with Crippen molar-refractivity contribution < 1.29 is 44.5 Å². The Hall–Kier alpha value is -0.910. The number of carbonyl (C=O) groups is 1. The normalized spacial score (nSPS) is 55.6. The van der Waals surface area contributed by atoms with Gasteiger partial charge in [0, 0.05) is 19.4 Å². The molecule has 5 aliphatic rings. The predicted octanol–water partition coefficient (Wildman–Crippen LogP) is 1.37. The van der Waals surface area contributed by atoms with Crippen molar-refractivity contribution in [2.75, 3.05) is 7.11 Å². The summed E-state index contributed by atoms with van der Waals surface area (Å²) in [5.74, 6) is -0.937. The Morgan fingerprint density at radius 1 is 1.11 bits per heavy atom. The van der Waals surface area contributed by atoms with Crippen LogP contribution in [-0.2, 0) is 19.0 Å². The molecule has 9 heteroatoms. The van der Waals surface area contributed by atoms with Gasteiger partial charge in [-0.1, -0.05) is 25.5 Å². The van der Waals surface area contributed by atoms with Gasteiger partial charge in [-0.2, -0.15) is 0 Å². The van der Waals surface area contributed by atoms with Gasteiger partial charge < -0.3 is 39.7 Å². The highest BCUT2D eigenvalue weighted by atomic mass is 16.7. The molecular formula is C28H44O9. The average Bonchev–Trinajstić information content (AvgIpc) is 3.08. The number of fused-ring (bicyclic) bond motifs is 5. The van der Waals surface area contributed by atoms with Crippen molar-refractivity contribution in [3.63, 3.8) is 0 Å². The zero-order valence-electron chi connectivity index (χ0n) is 22.6. The molecule has 0 aromatic carbocycles. The summed E-state index contributed by atoms with van der Waals surface area (Å²) < 4.78 is 17.6. The number of hydrogen-bond donors (Lipinski definition) is 5. The van der Waals surface area contributed by atoms with Crippen LogP contribution < -0.4 is 0 Å². The van der Waals surface area contributed by atoms with Crippen LogP contribution in [0.5, 0.6) is 0 Å². The molecule has 4 fully saturated rings. The minimum Gasteiger partial charge on any atom is -0.392 e. The number of hydrogen-bond acceptors (Lipinski definition) is 9. The SMILES string of the molecule is CO[C@H]1C[C@H](O[C@H]2CC[C@@]3(C)C(=CC[C@]4(O)[C@@H]3C[C@@H](O)[C@@]3(C)[C@]4(O)CC[C@@]3(O)C(C)=O)C2)O[C@H](C)[C@H]1O. The van der Waals surface area contributed by atoms with E-state index >= 15 is 0 Å². The largest absolute Gasteiger partial charge is 0.392 e. The number of Topliss-reactive ketones (excluding diaryl/α,β-unsaturated/α-hetero) is 1. The highest BCUT2D eigenvalue weighted by Crippen LogP contribution is 2.70. The summed E-state index contributed by atoms with van der Waals surface area (Å²) in [6.45, 7) is 6.73. The Morgan fingerprint density at radius 3 is 2.46 bits per heavy atom. The van der Waals surface area contributed by atoms with Gasteiger partial charge in [-0.25, -0.2) is 0 Å². The van der Waals surface area contributed by atoms with Gasteiger partial charge in [0.25, 0.3) is 0 Å². The maximum absolute atomic E-state index is 12.5. The third-order valence-electron chi connectivity index (χ3n) is 11.5. The third kappa shape index (κ3) is 3.48. The summed E-state index contributed by atoms with van der Waals surface area (Å²) in [6, 6.07) is 0. The summed E-state index contributed by atoms with van der Waals surface area (Å²) in [5, 5.41) is 57.4. The highest BCUT2D eigenvalue weighted by Gasteiger charge is 2.80. The van der Waals surface area contributed by atoms with Gasteiger partial charge in [-0.15, -0.1) is 0 Å². The highest BCUT2D eigenvalue weighted by molar-refractivity contribution is 5.87. The van der Waals surface area contributed by atoms with E-state index in [4.69, 9.17) is 14.2 Å². The lowest BCUT2D eigenvalue weighted by atomic mass is 9.42. The topological polar surface area (TPSA) is 146 Å². The van der Waals surface area contributed by atoms with Gasteiger partial charge in [0.05, 0.1) is 29.8 Å². The Kier molecular flexibility index (Phi) is 6.57. The standard InChI is InChI=1S/C28H44O9/c1-15-23(31)19(35-5)13-22(36-15)37-18-7-8-24(3)17(12-18)6-9-27(33)20(24)14-21(30)25(4)26(32,16(2)29)10-11-28(25,27)34/h6,15,18-23,30-34H,7-14H2,1-5H3/t15-,18+,19+,20-,21-,22+,23-,24+,25-,26-,27+,28-/m1/s1. The number of aliphatic hydroxyl groups excluding tert-OH is 2. The van der Waals surface area contributed by atoms with Gasteiger partial charge in [0.1, 0.15) is 22.9 Å². The number of aliphatic hydroxyl groups is 5. The molecule has 9 nitrogen and oxygen atoms in total. The van der Waals surface area contributed by atoms with Gasteiger partial charge in [-0.3, -0.25) is 4.79 Å². The number of rotatable bonds is 4. The van der Waals surface area contributed by atoms with Crippen LogP contribution in [0.2, 0.25) is 0 Å². The Balaban J connectivity index is 1.40. The quantitative estimate of drug-likeness (QED) is 0.344. The van der Waals surface area contributed by atoms with Crippen molar-refractivity contribution >= 4 is 5.78 Å². The molecule has 0 aromatic heterocycles. The molecule has 0 spiro atoms. The van der Waals surface area contributed by atoms with Crippen molar-refractivity contribution in [2.45, 2.75) is 133 Å². The molecule has 4 aliphatic carbocycles. The number of methoxy groups -OCH3 is 1. The van der Waals surface area contributed by atoms with Crippen LogP contribution in [-0.4, -0.2) is 92.0 Å². The summed E-state index contributed by atoms with van der Waals surface area (Å²) >= 11 is 0. The monoisotopic (exact) mass is 524 g/mol. The molecule has 0 radical (unpaired) electrons. The second-order valence-corrected chi connectivity index (χ2v) is 12.8. The third-order valence-corrected chi connectivity index (χ3v) is 11.5. The smallest absolute Gasteiger partial charge is 0.162 e. The second-order valence-electron chi connectivity index (χ2n) is 12.8. The first-order chi connectivity index (χ1) is 17.2. The Bertz CT molecular complexity index is 969. The molecule has 0 bridgehead atoms. The van der Waals surface area contributed by atoms with Crippen LogP contribution in [0.1, 0.15) is 79.1 Å². The number of carbonyl (C=O) groups excluding carboxylic acids is 1. The molecule has 0 unspecified atom stereocenters. The lowest BCUT2D eigenvalue weighted by molar-refractivity contribution is -0.314. The average molecular weight is 525 g/mol. The van der Waals surface area contributed by atoms with Crippen LogP contribution in [0.3, 0.4) is 0 Å². The minimum atomic E-state index is -1.90. The zero-order chi connectivity index (χ0) is 27.2. The molecule has 12 atom stereocenters. The van der Waals surface area contributed by atoms with Crippen LogP contribution in [0.25, 0.3) is 0 Å². The molecule has 3 saturated carbocycles. The fourth-order valence-corrected chi connectivity index (χ4v) is 8.88. The van der Waals surface area contributed by atoms with Crippen LogP contribution in [0, 0.1) is 16.7 Å². The van der Waals surface area contributed by atoms with E-state index in [0.717, 1.165) is 5.57 Å². The number of ether oxygens (including phenoxy) is 3. The fourth-order valence-electron chi connectivity index (χ4n) is 8.88. The first kappa shape index (κ1) is 27.6. The first-order valence-electron chi connectivity index (χ1n) is 13.8. The first-order valence-corrected chi connectivity index (χ1v) is 13.8. The van der Waals surface area contributed by atoms with E-state index < -0.39 is 63.9 Å². The van der Waals surface area contributed by atoms with Crippen molar-refractivity contribution in [1.29, 1.82) is 0 Å². The predicted molar refractivity (Wildman–Crippen MR) is 132 cm³/mol. The molecule has 5 rings (SSSR count). The van der Waals surface area contributed by atoms with E-state index in [1.807, 2.05) is 6.08 Å². The molecule has 5 N–H and O–H groups in total. The molecule has 1 saturated heterocycles. The minimum absolute atomic E-state index is 0.00159. The van der Waals surface area contributed by atoms with E-state index in [0.29, 0.717) is 25.7 Å². The van der Waals surface area contributed by atoms with Gasteiger partial charge in [-0.05, 0) is 64.2 Å².